The molecule has 0 radical (unpaired) electrons. The first-order valence-corrected chi connectivity index (χ1v) is 7.32. The Kier molecular flexibility index (Phi) is 3.72. The van der Waals surface area contributed by atoms with Gasteiger partial charge in [-0.15, -0.1) is 0 Å². The SMILES string of the molecule is CC1NC(=O)CCC1Nc1cnc(N2CCCC2=O)cn1. The molecule has 2 aliphatic rings. The molecule has 2 aliphatic heterocycles. The Morgan fingerprint density at radius 1 is 1.29 bits per heavy atom. The molecule has 3 heterocycles. The van der Waals surface area contributed by atoms with Crippen LogP contribution in [0, 0.1) is 0 Å². The number of nitrogens with zero attached hydrogens (tertiary/aromatic N) is 3. The lowest BCUT2D eigenvalue weighted by atomic mass is 9.99. The average molecular weight is 289 g/mol. The van der Waals surface area contributed by atoms with Gasteiger partial charge in [0.2, 0.25) is 11.8 Å². The van der Waals surface area contributed by atoms with Crippen LogP contribution in [0.1, 0.15) is 32.6 Å². The normalized spacial score (nSPS) is 25.9. The summed E-state index contributed by atoms with van der Waals surface area (Å²) in [6.07, 6.45) is 6.03. The van der Waals surface area contributed by atoms with Crippen molar-refractivity contribution in [3.63, 3.8) is 0 Å². The van der Waals surface area contributed by atoms with Gasteiger partial charge in [0.1, 0.15) is 5.82 Å². The van der Waals surface area contributed by atoms with E-state index in [1.54, 1.807) is 17.3 Å². The maximum absolute atomic E-state index is 11.7. The summed E-state index contributed by atoms with van der Waals surface area (Å²) in [7, 11) is 0. The molecule has 2 saturated heterocycles. The molecule has 7 heteroatoms. The third-order valence-corrected chi connectivity index (χ3v) is 4.00. The van der Waals surface area contributed by atoms with E-state index in [1.807, 2.05) is 6.92 Å². The fourth-order valence-electron chi connectivity index (χ4n) is 2.78. The fraction of sp³-hybridized carbons (Fsp3) is 0.571. The van der Waals surface area contributed by atoms with Crippen molar-refractivity contribution in [1.29, 1.82) is 0 Å². The van der Waals surface area contributed by atoms with Crippen molar-refractivity contribution in [2.24, 2.45) is 0 Å². The number of anilines is 2. The lowest BCUT2D eigenvalue weighted by molar-refractivity contribution is -0.123. The van der Waals surface area contributed by atoms with E-state index in [2.05, 4.69) is 20.6 Å². The number of nitrogens with one attached hydrogen (secondary N) is 2. The monoisotopic (exact) mass is 289 g/mol. The molecule has 0 bridgehead atoms. The summed E-state index contributed by atoms with van der Waals surface area (Å²) in [6.45, 7) is 2.69. The third-order valence-electron chi connectivity index (χ3n) is 4.00. The van der Waals surface area contributed by atoms with E-state index in [0.29, 0.717) is 31.0 Å². The number of rotatable bonds is 3. The van der Waals surface area contributed by atoms with E-state index in [9.17, 15) is 9.59 Å². The molecule has 3 rings (SSSR count). The minimum Gasteiger partial charge on any atom is -0.364 e. The van der Waals surface area contributed by atoms with Gasteiger partial charge in [0.05, 0.1) is 12.4 Å². The minimum absolute atomic E-state index is 0.0629. The first-order chi connectivity index (χ1) is 10.1. The van der Waals surface area contributed by atoms with Crippen molar-refractivity contribution in [2.45, 2.75) is 44.7 Å². The summed E-state index contributed by atoms with van der Waals surface area (Å²) in [5.41, 5.74) is 0. The highest BCUT2D eigenvalue weighted by Crippen LogP contribution is 2.20. The highest BCUT2D eigenvalue weighted by Gasteiger charge is 2.26. The Balaban J connectivity index is 1.64. The highest BCUT2D eigenvalue weighted by molar-refractivity contribution is 5.94. The van der Waals surface area contributed by atoms with Crippen LogP contribution in [0.3, 0.4) is 0 Å². The van der Waals surface area contributed by atoms with Crippen molar-refractivity contribution in [1.82, 2.24) is 15.3 Å². The maximum atomic E-state index is 11.7. The van der Waals surface area contributed by atoms with Crippen molar-refractivity contribution in [3.8, 4) is 0 Å². The van der Waals surface area contributed by atoms with Gasteiger partial charge in [-0.3, -0.25) is 14.5 Å². The molecule has 1 aromatic rings. The van der Waals surface area contributed by atoms with Gasteiger partial charge in [0.15, 0.2) is 5.82 Å². The first-order valence-electron chi connectivity index (χ1n) is 7.32. The predicted octanol–water partition coefficient (Wildman–Crippen LogP) is 0.682. The fourth-order valence-corrected chi connectivity index (χ4v) is 2.78. The minimum atomic E-state index is 0.0629. The van der Waals surface area contributed by atoms with Gasteiger partial charge in [0, 0.05) is 31.5 Å². The molecule has 2 atom stereocenters. The molecular formula is C14H19N5O2. The molecule has 2 fully saturated rings. The van der Waals surface area contributed by atoms with E-state index in [1.165, 1.54) is 0 Å². The summed E-state index contributed by atoms with van der Waals surface area (Å²) in [4.78, 5) is 33.2. The zero-order chi connectivity index (χ0) is 14.8. The number of amides is 2. The molecule has 0 aromatic carbocycles. The van der Waals surface area contributed by atoms with Crippen LogP contribution in [-0.4, -0.2) is 40.4 Å². The van der Waals surface area contributed by atoms with Crippen molar-refractivity contribution < 1.29 is 9.59 Å². The van der Waals surface area contributed by atoms with Gasteiger partial charge >= 0.3 is 0 Å². The summed E-state index contributed by atoms with van der Waals surface area (Å²) in [6, 6.07) is 0.212. The number of hydrogen-bond acceptors (Lipinski definition) is 5. The van der Waals surface area contributed by atoms with Crippen LogP contribution in [-0.2, 0) is 9.59 Å². The Bertz CT molecular complexity index is 545. The highest BCUT2D eigenvalue weighted by atomic mass is 16.2. The average Bonchev–Trinajstić information content (AvgIpc) is 2.89. The van der Waals surface area contributed by atoms with Gasteiger partial charge in [-0.2, -0.15) is 0 Å². The van der Waals surface area contributed by atoms with Crippen LogP contribution in [0.5, 0.6) is 0 Å². The number of carbonyl (C=O) groups is 2. The summed E-state index contributed by atoms with van der Waals surface area (Å²) >= 11 is 0. The second-order valence-corrected chi connectivity index (χ2v) is 5.55. The lowest BCUT2D eigenvalue weighted by Crippen LogP contribution is -2.49. The van der Waals surface area contributed by atoms with Crippen LogP contribution in [0.15, 0.2) is 12.4 Å². The van der Waals surface area contributed by atoms with E-state index in [-0.39, 0.29) is 23.9 Å². The predicted molar refractivity (Wildman–Crippen MR) is 77.9 cm³/mol. The Morgan fingerprint density at radius 2 is 2.14 bits per heavy atom. The van der Waals surface area contributed by atoms with E-state index < -0.39 is 0 Å². The molecule has 112 valence electrons. The molecule has 7 nitrogen and oxygen atoms in total. The zero-order valence-corrected chi connectivity index (χ0v) is 12.0. The van der Waals surface area contributed by atoms with Gasteiger partial charge in [-0.25, -0.2) is 9.97 Å². The maximum Gasteiger partial charge on any atom is 0.228 e. The van der Waals surface area contributed by atoms with Crippen LogP contribution in [0.25, 0.3) is 0 Å². The molecule has 0 saturated carbocycles. The number of piperidine rings is 1. The van der Waals surface area contributed by atoms with Crippen LogP contribution >= 0.6 is 0 Å². The van der Waals surface area contributed by atoms with Crippen molar-refractivity contribution >= 4 is 23.5 Å². The van der Waals surface area contributed by atoms with Gasteiger partial charge in [-0.1, -0.05) is 0 Å². The third kappa shape index (κ3) is 2.96. The first kappa shape index (κ1) is 13.8. The Labute approximate surface area is 123 Å². The molecule has 21 heavy (non-hydrogen) atoms. The Morgan fingerprint density at radius 3 is 2.76 bits per heavy atom. The van der Waals surface area contributed by atoms with Crippen molar-refractivity contribution in [2.75, 3.05) is 16.8 Å². The lowest BCUT2D eigenvalue weighted by Gasteiger charge is -2.30. The Hall–Kier alpha value is -2.18. The van der Waals surface area contributed by atoms with E-state index in [4.69, 9.17) is 0 Å². The molecule has 2 N–H and O–H groups in total. The van der Waals surface area contributed by atoms with Crippen LogP contribution < -0.4 is 15.5 Å². The molecule has 2 unspecified atom stereocenters. The van der Waals surface area contributed by atoms with Gasteiger partial charge in [0.25, 0.3) is 0 Å². The van der Waals surface area contributed by atoms with E-state index >= 15 is 0 Å². The quantitative estimate of drug-likeness (QED) is 0.854. The zero-order valence-electron chi connectivity index (χ0n) is 12.0. The second kappa shape index (κ2) is 5.67. The van der Waals surface area contributed by atoms with Gasteiger partial charge in [-0.05, 0) is 19.8 Å². The smallest absolute Gasteiger partial charge is 0.228 e. The molecule has 0 aliphatic carbocycles. The molecular weight excluding hydrogens is 270 g/mol. The number of aromatic nitrogens is 2. The molecule has 2 amide bonds. The van der Waals surface area contributed by atoms with E-state index in [0.717, 1.165) is 12.8 Å². The number of hydrogen-bond donors (Lipinski definition) is 2. The second-order valence-electron chi connectivity index (χ2n) is 5.55. The summed E-state index contributed by atoms with van der Waals surface area (Å²) in [5.74, 6) is 1.47. The standard InChI is InChI=1S/C14H19N5O2/c1-9-10(4-5-13(20)17-9)18-11-7-16-12(8-15-11)19-6-2-3-14(19)21/h7-10H,2-6H2,1H3,(H,15,18)(H,17,20). The topological polar surface area (TPSA) is 87.2 Å². The van der Waals surface area contributed by atoms with Crippen LogP contribution in [0.4, 0.5) is 11.6 Å². The van der Waals surface area contributed by atoms with Crippen molar-refractivity contribution in [3.05, 3.63) is 12.4 Å². The summed E-state index contributed by atoms with van der Waals surface area (Å²) < 4.78 is 0. The molecule has 0 spiro atoms. The number of carbonyl (C=O) groups excluding carboxylic acids is 2. The largest absolute Gasteiger partial charge is 0.364 e. The van der Waals surface area contributed by atoms with Crippen LogP contribution in [0.2, 0.25) is 0 Å². The molecule has 1 aromatic heterocycles. The van der Waals surface area contributed by atoms with Gasteiger partial charge < -0.3 is 10.6 Å². The summed E-state index contributed by atoms with van der Waals surface area (Å²) in [5, 5.41) is 6.20.